The summed E-state index contributed by atoms with van der Waals surface area (Å²) < 4.78 is 0. The van der Waals surface area contributed by atoms with Gasteiger partial charge in [0.25, 0.3) is 5.91 Å². The summed E-state index contributed by atoms with van der Waals surface area (Å²) >= 11 is 1.48. The van der Waals surface area contributed by atoms with Gasteiger partial charge in [0.2, 0.25) is 0 Å². The van der Waals surface area contributed by atoms with Crippen LogP contribution in [0.2, 0.25) is 0 Å². The van der Waals surface area contributed by atoms with Crippen LogP contribution in [0.25, 0.3) is 11.3 Å². The second kappa shape index (κ2) is 6.34. The highest BCUT2D eigenvalue weighted by atomic mass is 32.1. The van der Waals surface area contributed by atoms with Crippen LogP contribution in [0.15, 0.2) is 53.9 Å². The maximum absolute atomic E-state index is 12.6. The molecule has 23 heavy (non-hydrogen) atoms. The van der Waals surface area contributed by atoms with Crippen LogP contribution in [0.5, 0.6) is 0 Å². The number of aromatic nitrogens is 1. The standard InChI is InChI=1S/C19H18N2OS/c1-13-7-9-15(10-8-13)17-12-23-19(20-17)21(3)18(22)16-6-4-5-14(2)11-16/h4-12H,1-3H3. The highest BCUT2D eigenvalue weighted by Crippen LogP contribution is 2.27. The Balaban J connectivity index is 1.84. The molecule has 0 bridgehead atoms. The first kappa shape index (κ1) is 15.4. The molecule has 0 aliphatic carbocycles. The van der Waals surface area contributed by atoms with E-state index in [2.05, 4.69) is 36.2 Å². The minimum absolute atomic E-state index is 0.0430. The van der Waals surface area contributed by atoms with Crippen LogP contribution in [0.4, 0.5) is 5.13 Å². The number of carbonyl (C=O) groups is 1. The number of aryl methyl sites for hydroxylation is 2. The molecule has 1 heterocycles. The normalized spacial score (nSPS) is 10.6. The van der Waals surface area contributed by atoms with Crippen LogP contribution >= 0.6 is 11.3 Å². The van der Waals surface area contributed by atoms with Crippen molar-refractivity contribution >= 4 is 22.4 Å². The van der Waals surface area contributed by atoms with Gasteiger partial charge in [-0.2, -0.15) is 0 Å². The second-order valence-corrected chi connectivity index (χ2v) is 6.45. The molecule has 3 aromatic rings. The van der Waals surface area contributed by atoms with Gasteiger partial charge in [-0.1, -0.05) is 47.5 Å². The summed E-state index contributed by atoms with van der Waals surface area (Å²) in [4.78, 5) is 18.8. The van der Waals surface area contributed by atoms with Gasteiger partial charge in [-0.3, -0.25) is 9.69 Å². The largest absolute Gasteiger partial charge is 0.287 e. The molecule has 0 unspecified atom stereocenters. The van der Waals surface area contributed by atoms with Gasteiger partial charge in [0, 0.05) is 23.6 Å². The van der Waals surface area contributed by atoms with Crippen LogP contribution in [-0.2, 0) is 0 Å². The van der Waals surface area contributed by atoms with E-state index in [1.54, 1.807) is 11.9 Å². The summed E-state index contributed by atoms with van der Waals surface area (Å²) in [6.07, 6.45) is 0. The quantitative estimate of drug-likeness (QED) is 0.700. The van der Waals surface area contributed by atoms with Crippen LogP contribution in [0.3, 0.4) is 0 Å². The van der Waals surface area contributed by atoms with E-state index in [0.717, 1.165) is 16.8 Å². The first-order valence-corrected chi connectivity index (χ1v) is 8.30. The van der Waals surface area contributed by atoms with E-state index in [1.165, 1.54) is 16.9 Å². The number of carbonyl (C=O) groups excluding carboxylic acids is 1. The molecule has 0 radical (unpaired) electrons. The van der Waals surface area contributed by atoms with E-state index in [0.29, 0.717) is 10.7 Å². The summed E-state index contributed by atoms with van der Waals surface area (Å²) in [5, 5.41) is 2.69. The minimum Gasteiger partial charge on any atom is -0.287 e. The summed E-state index contributed by atoms with van der Waals surface area (Å²) in [5.41, 5.74) is 4.93. The van der Waals surface area contributed by atoms with Crippen LogP contribution < -0.4 is 4.90 Å². The van der Waals surface area contributed by atoms with Crippen molar-refractivity contribution in [2.45, 2.75) is 13.8 Å². The topological polar surface area (TPSA) is 33.2 Å². The lowest BCUT2D eigenvalue weighted by atomic mass is 10.1. The molecule has 0 saturated carbocycles. The van der Waals surface area contributed by atoms with Crippen molar-refractivity contribution in [2.24, 2.45) is 0 Å². The minimum atomic E-state index is -0.0430. The lowest BCUT2D eigenvalue weighted by Gasteiger charge is -2.14. The second-order valence-electron chi connectivity index (χ2n) is 5.61. The van der Waals surface area contributed by atoms with Crippen molar-refractivity contribution in [3.05, 3.63) is 70.6 Å². The van der Waals surface area contributed by atoms with E-state index in [1.807, 2.05) is 36.6 Å². The predicted octanol–water partition coefficient (Wildman–Crippen LogP) is 4.70. The molecule has 0 N–H and O–H groups in total. The molecular weight excluding hydrogens is 304 g/mol. The zero-order chi connectivity index (χ0) is 16.4. The molecular formula is C19H18N2OS. The van der Waals surface area contributed by atoms with Gasteiger partial charge in [-0.05, 0) is 26.0 Å². The molecule has 3 rings (SSSR count). The summed E-state index contributed by atoms with van der Waals surface area (Å²) in [6, 6.07) is 15.8. The third-order valence-corrected chi connectivity index (χ3v) is 4.61. The van der Waals surface area contributed by atoms with Crippen molar-refractivity contribution in [1.82, 2.24) is 4.98 Å². The summed E-state index contributed by atoms with van der Waals surface area (Å²) in [5.74, 6) is -0.0430. The molecule has 0 atom stereocenters. The predicted molar refractivity (Wildman–Crippen MR) is 96.2 cm³/mol. The third-order valence-electron chi connectivity index (χ3n) is 3.70. The van der Waals surface area contributed by atoms with Gasteiger partial charge in [-0.15, -0.1) is 11.3 Å². The Hall–Kier alpha value is -2.46. The number of anilines is 1. The van der Waals surface area contributed by atoms with Crippen molar-refractivity contribution in [1.29, 1.82) is 0 Å². The molecule has 0 aliphatic heterocycles. The molecule has 1 amide bonds. The molecule has 0 aliphatic rings. The first-order chi connectivity index (χ1) is 11.0. The Morgan fingerprint density at radius 2 is 1.78 bits per heavy atom. The molecule has 2 aromatic carbocycles. The third kappa shape index (κ3) is 3.32. The monoisotopic (exact) mass is 322 g/mol. The lowest BCUT2D eigenvalue weighted by Crippen LogP contribution is -2.26. The molecule has 3 nitrogen and oxygen atoms in total. The van der Waals surface area contributed by atoms with Crippen molar-refractivity contribution in [2.75, 3.05) is 11.9 Å². The summed E-state index contributed by atoms with van der Waals surface area (Å²) in [6.45, 7) is 4.04. The maximum Gasteiger partial charge on any atom is 0.259 e. The number of rotatable bonds is 3. The van der Waals surface area contributed by atoms with Gasteiger partial charge in [0.1, 0.15) is 0 Å². The van der Waals surface area contributed by atoms with Crippen LogP contribution in [0, 0.1) is 13.8 Å². The number of thiazole rings is 1. The number of nitrogens with zero attached hydrogens (tertiary/aromatic N) is 2. The van der Waals surface area contributed by atoms with Crippen LogP contribution in [0.1, 0.15) is 21.5 Å². The number of hydrogen-bond acceptors (Lipinski definition) is 3. The zero-order valence-electron chi connectivity index (χ0n) is 13.4. The fraction of sp³-hybridized carbons (Fsp3) is 0.158. The lowest BCUT2D eigenvalue weighted by molar-refractivity contribution is 0.0993. The highest BCUT2D eigenvalue weighted by Gasteiger charge is 2.17. The van der Waals surface area contributed by atoms with Gasteiger partial charge in [-0.25, -0.2) is 4.98 Å². The molecule has 4 heteroatoms. The number of benzene rings is 2. The smallest absolute Gasteiger partial charge is 0.259 e. The Labute approximate surface area is 140 Å². The van der Waals surface area contributed by atoms with E-state index in [-0.39, 0.29) is 5.91 Å². The van der Waals surface area contributed by atoms with Gasteiger partial charge < -0.3 is 0 Å². The SMILES string of the molecule is Cc1ccc(-c2csc(N(C)C(=O)c3cccc(C)c3)n2)cc1. The van der Waals surface area contributed by atoms with E-state index in [4.69, 9.17) is 0 Å². The number of amides is 1. The Bertz CT molecular complexity index is 837. The van der Waals surface area contributed by atoms with Gasteiger partial charge >= 0.3 is 0 Å². The van der Waals surface area contributed by atoms with E-state index in [9.17, 15) is 4.79 Å². The van der Waals surface area contributed by atoms with Crippen molar-refractivity contribution in [3.8, 4) is 11.3 Å². The Morgan fingerprint density at radius 3 is 2.48 bits per heavy atom. The van der Waals surface area contributed by atoms with Crippen molar-refractivity contribution in [3.63, 3.8) is 0 Å². The van der Waals surface area contributed by atoms with E-state index >= 15 is 0 Å². The summed E-state index contributed by atoms with van der Waals surface area (Å²) in [7, 11) is 1.77. The maximum atomic E-state index is 12.6. The van der Waals surface area contributed by atoms with E-state index < -0.39 is 0 Å². The zero-order valence-corrected chi connectivity index (χ0v) is 14.2. The molecule has 0 saturated heterocycles. The molecule has 116 valence electrons. The average Bonchev–Trinajstić information content (AvgIpc) is 3.04. The fourth-order valence-corrected chi connectivity index (χ4v) is 3.13. The Kier molecular flexibility index (Phi) is 4.26. The fourth-order valence-electron chi connectivity index (χ4n) is 2.33. The van der Waals surface area contributed by atoms with Gasteiger partial charge in [0.15, 0.2) is 5.13 Å². The van der Waals surface area contributed by atoms with Gasteiger partial charge in [0.05, 0.1) is 5.69 Å². The molecule has 0 fully saturated rings. The Morgan fingerprint density at radius 1 is 1.04 bits per heavy atom. The molecule has 1 aromatic heterocycles. The van der Waals surface area contributed by atoms with Crippen LogP contribution in [-0.4, -0.2) is 17.9 Å². The molecule has 0 spiro atoms. The number of hydrogen-bond donors (Lipinski definition) is 0. The average molecular weight is 322 g/mol. The highest BCUT2D eigenvalue weighted by molar-refractivity contribution is 7.14. The first-order valence-electron chi connectivity index (χ1n) is 7.42. The van der Waals surface area contributed by atoms with Crippen molar-refractivity contribution < 1.29 is 4.79 Å².